The lowest BCUT2D eigenvalue weighted by atomic mass is 9.76. The van der Waals surface area contributed by atoms with Gasteiger partial charge in [0.05, 0.1) is 13.0 Å². The first-order chi connectivity index (χ1) is 20.9. The highest BCUT2D eigenvalue weighted by Gasteiger charge is 2.48. The minimum absolute atomic E-state index is 0.139. The first kappa shape index (κ1) is 36.8. The first-order valence-electron chi connectivity index (χ1n) is 18.0. The van der Waals surface area contributed by atoms with E-state index in [1.165, 1.54) is 57.8 Å². The van der Waals surface area contributed by atoms with Crippen LogP contribution >= 0.6 is 0 Å². The van der Waals surface area contributed by atoms with Gasteiger partial charge in [-0.05, 0) is 51.9 Å². The van der Waals surface area contributed by atoms with Crippen LogP contribution in [0.4, 0.5) is 0 Å². The molecular formula is C36H64N2O6. The third kappa shape index (κ3) is 11.0. The van der Waals surface area contributed by atoms with E-state index in [0.29, 0.717) is 6.61 Å². The topological polar surface area (TPSA) is 114 Å². The van der Waals surface area contributed by atoms with Crippen molar-refractivity contribution in [3.05, 3.63) is 0 Å². The molecule has 0 bridgehead atoms. The summed E-state index contributed by atoms with van der Waals surface area (Å²) in [6.45, 7) is 10.1. The Morgan fingerprint density at radius 2 is 1.43 bits per heavy atom. The van der Waals surface area contributed by atoms with Crippen LogP contribution in [0.3, 0.4) is 0 Å². The lowest BCUT2D eigenvalue weighted by molar-refractivity contribution is -0.304. The van der Waals surface area contributed by atoms with Crippen LogP contribution in [0.25, 0.3) is 0 Å². The van der Waals surface area contributed by atoms with Crippen molar-refractivity contribution >= 4 is 17.8 Å². The van der Waals surface area contributed by atoms with Crippen LogP contribution in [0.15, 0.2) is 0 Å². The summed E-state index contributed by atoms with van der Waals surface area (Å²) in [5.74, 6) is -2.14. The van der Waals surface area contributed by atoms with Gasteiger partial charge in [-0.15, -0.1) is 0 Å². The number of aliphatic carboxylic acids is 1. The van der Waals surface area contributed by atoms with Gasteiger partial charge in [-0.25, -0.2) is 0 Å². The van der Waals surface area contributed by atoms with Gasteiger partial charge < -0.3 is 25.2 Å². The maximum absolute atomic E-state index is 14.0. The summed E-state index contributed by atoms with van der Waals surface area (Å²) in [7, 11) is 0. The van der Waals surface area contributed by atoms with Crippen molar-refractivity contribution in [3.8, 4) is 0 Å². The average Bonchev–Trinajstić information content (AvgIpc) is 3.45. The molecule has 8 heteroatoms. The Kier molecular flexibility index (Phi) is 14.5. The summed E-state index contributed by atoms with van der Waals surface area (Å²) in [6, 6.07) is -0.733. The number of unbranched alkanes of at least 4 members (excludes halogenated alkanes) is 9. The number of carboxylic acid groups (broad SMARTS) is 1. The van der Waals surface area contributed by atoms with Gasteiger partial charge in [-0.2, -0.15) is 0 Å². The standard InChI is InChI=1S/C36H64N2O6/c1-6-7-8-9-10-11-12-13-14-17-22-36(23-18-19-24-36)33(42)38-28-21-16-15-20-27(28)29(25-30(39)40)37-32(41)31-34(2,3)26-43-35(4,5)44-31/h27-29,31H,6-26H2,1-5H3,(H,37,41)(H,38,42)(H,39,40). The normalized spacial score (nSPS) is 26.5. The lowest BCUT2D eigenvalue weighted by Gasteiger charge is -2.46. The van der Waals surface area contributed by atoms with Crippen LogP contribution in [0.2, 0.25) is 0 Å². The highest BCUT2D eigenvalue weighted by molar-refractivity contribution is 5.84. The number of carbonyl (C=O) groups is 3. The second-order valence-electron chi connectivity index (χ2n) is 15.3. The highest BCUT2D eigenvalue weighted by Crippen LogP contribution is 2.43. The molecule has 3 aliphatic rings. The third-order valence-corrected chi connectivity index (χ3v) is 10.6. The van der Waals surface area contributed by atoms with Crippen molar-refractivity contribution < 1.29 is 29.0 Å². The van der Waals surface area contributed by atoms with E-state index in [9.17, 15) is 19.5 Å². The van der Waals surface area contributed by atoms with E-state index in [2.05, 4.69) is 17.6 Å². The fourth-order valence-corrected chi connectivity index (χ4v) is 7.81. The van der Waals surface area contributed by atoms with Gasteiger partial charge in [0.25, 0.3) is 0 Å². The van der Waals surface area contributed by atoms with E-state index in [0.717, 1.165) is 64.2 Å². The zero-order valence-corrected chi connectivity index (χ0v) is 28.6. The van der Waals surface area contributed by atoms with Crippen LogP contribution in [0.5, 0.6) is 0 Å². The van der Waals surface area contributed by atoms with Crippen LogP contribution in [-0.2, 0) is 23.9 Å². The molecule has 0 radical (unpaired) electrons. The Labute approximate surface area is 267 Å². The average molecular weight is 621 g/mol. The Bertz CT molecular complexity index is 912. The van der Waals surface area contributed by atoms with Gasteiger partial charge >= 0.3 is 5.97 Å². The number of amides is 2. The van der Waals surface area contributed by atoms with Gasteiger partial charge in [0, 0.05) is 22.9 Å². The molecule has 254 valence electrons. The van der Waals surface area contributed by atoms with Crippen molar-refractivity contribution in [1.82, 2.24) is 10.6 Å². The molecule has 1 heterocycles. The molecule has 3 fully saturated rings. The monoisotopic (exact) mass is 620 g/mol. The second-order valence-corrected chi connectivity index (χ2v) is 15.3. The molecular weight excluding hydrogens is 556 g/mol. The maximum atomic E-state index is 14.0. The lowest BCUT2D eigenvalue weighted by Crippen LogP contribution is -2.60. The van der Waals surface area contributed by atoms with E-state index in [-0.39, 0.29) is 35.6 Å². The summed E-state index contributed by atoms with van der Waals surface area (Å²) in [5.41, 5.74) is -0.865. The van der Waals surface area contributed by atoms with Gasteiger partial charge in [-0.3, -0.25) is 14.4 Å². The van der Waals surface area contributed by atoms with Gasteiger partial charge in [0.2, 0.25) is 11.8 Å². The van der Waals surface area contributed by atoms with E-state index in [1.54, 1.807) is 13.8 Å². The minimum Gasteiger partial charge on any atom is -0.481 e. The van der Waals surface area contributed by atoms with E-state index >= 15 is 0 Å². The molecule has 3 rings (SSSR count). The van der Waals surface area contributed by atoms with Crippen molar-refractivity contribution in [3.63, 3.8) is 0 Å². The number of hydrogen-bond donors (Lipinski definition) is 3. The van der Waals surface area contributed by atoms with Crippen molar-refractivity contribution in [1.29, 1.82) is 0 Å². The number of hydrogen-bond acceptors (Lipinski definition) is 5. The maximum Gasteiger partial charge on any atom is 0.305 e. The van der Waals surface area contributed by atoms with Crippen LogP contribution in [-0.4, -0.2) is 53.5 Å². The molecule has 44 heavy (non-hydrogen) atoms. The molecule has 2 saturated carbocycles. The quantitative estimate of drug-likeness (QED) is 0.136. The predicted molar refractivity (Wildman–Crippen MR) is 174 cm³/mol. The van der Waals surface area contributed by atoms with Gasteiger partial charge in [-0.1, -0.05) is 111 Å². The number of rotatable bonds is 18. The fraction of sp³-hybridized carbons (Fsp3) is 0.917. The molecule has 4 unspecified atom stereocenters. The van der Waals surface area contributed by atoms with Crippen molar-refractivity contribution in [2.75, 3.05) is 6.61 Å². The Morgan fingerprint density at radius 3 is 2.05 bits per heavy atom. The molecule has 4 atom stereocenters. The van der Waals surface area contributed by atoms with Crippen molar-refractivity contribution in [2.45, 2.75) is 187 Å². The molecule has 2 aliphatic carbocycles. The number of carbonyl (C=O) groups excluding carboxylic acids is 2. The SMILES string of the molecule is CCCCCCCCCCCCC1(C(=O)NC2CCCCC2C(CC(=O)O)NC(=O)C2OC(C)(C)OCC2(C)C)CCCC1. The fourth-order valence-electron chi connectivity index (χ4n) is 7.81. The number of carboxylic acids is 1. The molecule has 0 aromatic rings. The largest absolute Gasteiger partial charge is 0.481 e. The second kappa shape index (κ2) is 17.3. The molecule has 0 aromatic carbocycles. The summed E-state index contributed by atoms with van der Waals surface area (Å²) in [4.78, 5) is 39.6. The Hall–Kier alpha value is -1.67. The smallest absolute Gasteiger partial charge is 0.305 e. The van der Waals surface area contributed by atoms with E-state index in [4.69, 9.17) is 9.47 Å². The summed E-state index contributed by atoms with van der Waals surface area (Å²) in [6.07, 6.45) is 20.4. The number of ether oxygens (including phenoxy) is 2. The summed E-state index contributed by atoms with van der Waals surface area (Å²) in [5, 5.41) is 16.4. The van der Waals surface area contributed by atoms with Crippen LogP contribution in [0.1, 0.15) is 163 Å². The summed E-state index contributed by atoms with van der Waals surface area (Å²) >= 11 is 0. The molecule has 0 aromatic heterocycles. The zero-order valence-electron chi connectivity index (χ0n) is 28.6. The third-order valence-electron chi connectivity index (χ3n) is 10.6. The molecule has 1 saturated heterocycles. The van der Waals surface area contributed by atoms with Crippen molar-refractivity contribution in [2.24, 2.45) is 16.7 Å². The van der Waals surface area contributed by atoms with Crippen LogP contribution < -0.4 is 10.6 Å². The van der Waals surface area contributed by atoms with Gasteiger partial charge in [0.15, 0.2) is 5.79 Å². The highest BCUT2D eigenvalue weighted by atomic mass is 16.7. The van der Waals surface area contributed by atoms with E-state index in [1.807, 2.05) is 13.8 Å². The molecule has 0 spiro atoms. The first-order valence-corrected chi connectivity index (χ1v) is 18.0. The van der Waals surface area contributed by atoms with E-state index < -0.39 is 29.3 Å². The Balaban J connectivity index is 1.60. The zero-order chi connectivity index (χ0) is 32.2. The molecule has 2 amide bonds. The van der Waals surface area contributed by atoms with Gasteiger partial charge in [0.1, 0.15) is 6.10 Å². The van der Waals surface area contributed by atoms with Crippen LogP contribution in [0, 0.1) is 16.7 Å². The summed E-state index contributed by atoms with van der Waals surface area (Å²) < 4.78 is 11.8. The predicted octanol–water partition coefficient (Wildman–Crippen LogP) is 7.67. The number of nitrogens with one attached hydrogen (secondary N) is 2. The molecule has 8 nitrogen and oxygen atoms in total. The minimum atomic E-state index is -0.952. The molecule has 3 N–H and O–H groups in total. The Morgan fingerprint density at radius 1 is 0.841 bits per heavy atom. The molecule has 1 aliphatic heterocycles.